The number of hydrogen-bond acceptors (Lipinski definition) is 5. The molecule has 0 atom stereocenters. The largest absolute Gasteiger partial charge is 0.493 e. The number of aliphatic imine (C=N–C) groups is 1. The van der Waals surface area contributed by atoms with Gasteiger partial charge in [0.15, 0.2) is 17.5 Å². The Hall–Kier alpha value is -2.70. The minimum Gasteiger partial charge on any atom is -0.493 e. The average Bonchev–Trinajstić information content (AvgIpc) is 3.09. The Morgan fingerprint density at radius 2 is 1.92 bits per heavy atom. The van der Waals surface area contributed by atoms with Crippen LogP contribution in [0.1, 0.15) is 39.3 Å². The Morgan fingerprint density at radius 3 is 2.50 bits per heavy atom. The van der Waals surface area contributed by atoms with Gasteiger partial charge < -0.3 is 24.5 Å². The highest BCUT2D eigenvalue weighted by atomic mass is 16.5. The molecule has 0 bridgehead atoms. The van der Waals surface area contributed by atoms with Crippen molar-refractivity contribution in [1.82, 2.24) is 10.3 Å². The molecule has 7 heteroatoms. The van der Waals surface area contributed by atoms with Crippen LogP contribution in [0.5, 0.6) is 11.5 Å². The minimum atomic E-state index is -0.0721. The monoisotopic (exact) mass is 360 g/mol. The summed E-state index contributed by atoms with van der Waals surface area (Å²) < 4.78 is 16.4. The van der Waals surface area contributed by atoms with Crippen molar-refractivity contribution in [3.63, 3.8) is 0 Å². The predicted octanol–water partition coefficient (Wildman–Crippen LogP) is 3.57. The van der Waals surface area contributed by atoms with Gasteiger partial charge in [0.05, 0.1) is 20.4 Å². The number of methoxy groups -OCH3 is 2. The number of nitrogens with one attached hydrogen (secondary N) is 2. The number of anilines is 1. The summed E-state index contributed by atoms with van der Waals surface area (Å²) in [5.41, 5.74) is 0.766. The molecule has 0 aliphatic heterocycles. The van der Waals surface area contributed by atoms with E-state index in [1.807, 2.05) is 25.1 Å². The van der Waals surface area contributed by atoms with E-state index in [1.54, 1.807) is 20.4 Å². The van der Waals surface area contributed by atoms with Crippen molar-refractivity contribution in [2.45, 2.75) is 39.7 Å². The molecular weight excluding hydrogens is 332 g/mol. The van der Waals surface area contributed by atoms with Crippen LogP contribution < -0.4 is 20.1 Å². The molecule has 0 amide bonds. The number of guanidine groups is 1. The van der Waals surface area contributed by atoms with E-state index in [1.165, 1.54) is 0 Å². The fourth-order valence-corrected chi connectivity index (χ4v) is 2.23. The van der Waals surface area contributed by atoms with E-state index in [0.29, 0.717) is 29.9 Å². The van der Waals surface area contributed by atoms with Crippen LogP contribution in [0.25, 0.3) is 0 Å². The van der Waals surface area contributed by atoms with Crippen molar-refractivity contribution in [3.8, 4) is 11.5 Å². The van der Waals surface area contributed by atoms with Crippen molar-refractivity contribution < 1.29 is 13.9 Å². The fourth-order valence-electron chi connectivity index (χ4n) is 2.23. The standard InChI is InChI=1S/C19H28N4O3/c1-7-20-18(22-12-17-21-11-16(26-17)19(2,3)4)23-13-8-9-14(24-5)15(10-13)25-6/h8-11H,7,12H2,1-6H3,(H2,20,22,23). The molecule has 0 spiro atoms. The Morgan fingerprint density at radius 1 is 1.19 bits per heavy atom. The van der Waals surface area contributed by atoms with Gasteiger partial charge in [0.2, 0.25) is 5.89 Å². The lowest BCUT2D eigenvalue weighted by molar-refractivity contribution is 0.355. The number of benzene rings is 1. The van der Waals surface area contributed by atoms with E-state index in [2.05, 4.69) is 41.4 Å². The second kappa shape index (κ2) is 8.60. The number of ether oxygens (including phenoxy) is 2. The summed E-state index contributed by atoms with van der Waals surface area (Å²) in [5.74, 6) is 3.39. The van der Waals surface area contributed by atoms with Gasteiger partial charge in [0.1, 0.15) is 12.3 Å². The first kappa shape index (κ1) is 19.6. The van der Waals surface area contributed by atoms with Crippen LogP contribution in [0.4, 0.5) is 5.69 Å². The first-order valence-corrected chi connectivity index (χ1v) is 8.60. The topological polar surface area (TPSA) is 80.9 Å². The van der Waals surface area contributed by atoms with Crippen LogP contribution in [0, 0.1) is 0 Å². The summed E-state index contributed by atoms with van der Waals surface area (Å²) in [6.45, 7) is 9.35. The van der Waals surface area contributed by atoms with Gasteiger partial charge in [0.25, 0.3) is 0 Å². The van der Waals surface area contributed by atoms with Crippen LogP contribution in [-0.4, -0.2) is 31.7 Å². The summed E-state index contributed by atoms with van der Waals surface area (Å²) >= 11 is 0. The minimum absolute atomic E-state index is 0.0721. The molecule has 2 aromatic rings. The molecule has 0 saturated carbocycles. The molecule has 0 radical (unpaired) electrons. The van der Waals surface area contributed by atoms with Crippen LogP contribution in [0.3, 0.4) is 0 Å². The van der Waals surface area contributed by atoms with E-state index in [-0.39, 0.29) is 5.41 Å². The first-order valence-electron chi connectivity index (χ1n) is 8.60. The van der Waals surface area contributed by atoms with Gasteiger partial charge in [-0.3, -0.25) is 0 Å². The molecule has 2 N–H and O–H groups in total. The van der Waals surface area contributed by atoms with E-state index in [9.17, 15) is 0 Å². The SMILES string of the molecule is CCNC(=NCc1ncc(C(C)(C)C)o1)Nc1ccc(OC)c(OC)c1. The van der Waals surface area contributed by atoms with Gasteiger partial charge in [-0.2, -0.15) is 0 Å². The van der Waals surface area contributed by atoms with E-state index < -0.39 is 0 Å². The summed E-state index contributed by atoms with van der Waals surface area (Å²) in [5, 5.41) is 6.45. The molecule has 0 aliphatic carbocycles. The maximum Gasteiger partial charge on any atom is 0.216 e. The van der Waals surface area contributed by atoms with Crippen molar-refractivity contribution in [3.05, 3.63) is 36.0 Å². The van der Waals surface area contributed by atoms with Crippen LogP contribution in [0.15, 0.2) is 33.8 Å². The third-order valence-electron chi connectivity index (χ3n) is 3.66. The highest BCUT2D eigenvalue weighted by molar-refractivity contribution is 5.93. The molecule has 7 nitrogen and oxygen atoms in total. The molecule has 142 valence electrons. The zero-order valence-corrected chi connectivity index (χ0v) is 16.3. The molecule has 1 heterocycles. The Kier molecular flexibility index (Phi) is 6.49. The fraction of sp³-hybridized carbons (Fsp3) is 0.474. The second-order valence-electron chi connectivity index (χ2n) is 6.76. The molecule has 0 fully saturated rings. The zero-order valence-electron chi connectivity index (χ0n) is 16.3. The molecular formula is C19H28N4O3. The number of oxazole rings is 1. The average molecular weight is 360 g/mol. The number of aromatic nitrogens is 1. The Balaban J connectivity index is 2.13. The molecule has 1 aromatic carbocycles. The van der Waals surface area contributed by atoms with Crippen LogP contribution in [-0.2, 0) is 12.0 Å². The third kappa shape index (κ3) is 5.15. The smallest absolute Gasteiger partial charge is 0.216 e. The van der Waals surface area contributed by atoms with Crippen molar-refractivity contribution in [2.75, 3.05) is 26.1 Å². The molecule has 1 aromatic heterocycles. The molecule has 2 rings (SSSR count). The van der Waals surface area contributed by atoms with E-state index in [0.717, 1.165) is 18.0 Å². The summed E-state index contributed by atoms with van der Waals surface area (Å²) in [6.07, 6.45) is 1.76. The van der Waals surface area contributed by atoms with Gasteiger partial charge in [0, 0.05) is 23.7 Å². The van der Waals surface area contributed by atoms with Gasteiger partial charge >= 0.3 is 0 Å². The number of rotatable bonds is 6. The molecule has 0 aliphatic rings. The second-order valence-corrected chi connectivity index (χ2v) is 6.76. The van der Waals surface area contributed by atoms with Gasteiger partial charge in [-0.05, 0) is 19.1 Å². The number of nitrogens with zero attached hydrogens (tertiary/aromatic N) is 2. The predicted molar refractivity (Wildman–Crippen MR) is 103 cm³/mol. The summed E-state index contributed by atoms with van der Waals surface area (Å²) in [4.78, 5) is 8.84. The lowest BCUT2D eigenvalue weighted by atomic mass is 9.94. The van der Waals surface area contributed by atoms with Crippen molar-refractivity contribution in [2.24, 2.45) is 4.99 Å². The van der Waals surface area contributed by atoms with Crippen molar-refractivity contribution in [1.29, 1.82) is 0 Å². The maximum atomic E-state index is 5.78. The van der Waals surface area contributed by atoms with E-state index in [4.69, 9.17) is 13.9 Å². The molecule has 26 heavy (non-hydrogen) atoms. The zero-order chi connectivity index (χ0) is 19.2. The van der Waals surface area contributed by atoms with Gasteiger partial charge in [-0.15, -0.1) is 0 Å². The third-order valence-corrected chi connectivity index (χ3v) is 3.66. The summed E-state index contributed by atoms with van der Waals surface area (Å²) in [7, 11) is 3.22. The van der Waals surface area contributed by atoms with Gasteiger partial charge in [-0.25, -0.2) is 9.98 Å². The first-order chi connectivity index (χ1) is 12.4. The lowest BCUT2D eigenvalue weighted by Gasteiger charge is -2.14. The molecule has 0 saturated heterocycles. The quantitative estimate of drug-likeness (QED) is 0.605. The van der Waals surface area contributed by atoms with Gasteiger partial charge in [-0.1, -0.05) is 20.8 Å². The van der Waals surface area contributed by atoms with Crippen LogP contribution in [0.2, 0.25) is 0 Å². The highest BCUT2D eigenvalue weighted by Gasteiger charge is 2.19. The number of hydrogen-bond donors (Lipinski definition) is 2. The normalized spacial score (nSPS) is 12.0. The van der Waals surface area contributed by atoms with E-state index >= 15 is 0 Å². The summed E-state index contributed by atoms with van der Waals surface area (Å²) in [6, 6.07) is 5.60. The van der Waals surface area contributed by atoms with Crippen molar-refractivity contribution >= 4 is 11.6 Å². The maximum absolute atomic E-state index is 5.78. The lowest BCUT2D eigenvalue weighted by Crippen LogP contribution is -2.30. The van der Waals surface area contributed by atoms with Crippen LogP contribution >= 0.6 is 0 Å². The highest BCUT2D eigenvalue weighted by Crippen LogP contribution is 2.29. The Labute approximate surface area is 154 Å². The Bertz CT molecular complexity index is 747. The molecule has 0 unspecified atom stereocenters.